The number of nitrogens with zero attached hydrogens (tertiary/aromatic N) is 1. The first kappa shape index (κ1) is 15.0. The number of anilines is 1. The Balaban J connectivity index is 1.82. The highest BCUT2D eigenvalue weighted by atomic mass is 32.1. The van der Waals surface area contributed by atoms with Gasteiger partial charge in [-0.15, -0.1) is 11.3 Å². The van der Waals surface area contributed by atoms with Gasteiger partial charge in [0, 0.05) is 23.9 Å². The van der Waals surface area contributed by atoms with Crippen molar-refractivity contribution in [3.8, 4) is 0 Å². The lowest BCUT2D eigenvalue weighted by molar-refractivity contribution is 0.0617. The average Bonchev–Trinajstić information content (AvgIpc) is 2.88. The molecule has 0 saturated heterocycles. The van der Waals surface area contributed by atoms with Crippen LogP contribution in [-0.4, -0.2) is 25.3 Å². The molecule has 2 rings (SSSR count). The molecule has 1 N–H and O–H groups in total. The maximum absolute atomic E-state index is 5.52. The van der Waals surface area contributed by atoms with Gasteiger partial charge in [-0.05, 0) is 24.6 Å². The smallest absolute Gasteiger partial charge is 0.0897 e. The summed E-state index contributed by atoms with van der Waals surface area (Å²) in [5, 5.41) is 4.51. The Morgan fingerprint density at radius 3 is 2.95 bits per heavy atom. The molecule has 2 aromatic rings. The third-order valence-electron chi connectivity index (χ3n) is 2.76. The van der Waals surface area contributed by atoms with Crippen LogP contribution < -0.4 is 5.32 Å². The fourth-order valence-corrected chi connectivity index (χ4v) is 2.51. The zero-order chi connectivity index (χ0) is 14.2. The van der Waals surface area contributed by atoms with Crippen LogP contribution in [0.25, 0.3) is 0 Å². The van der Waals surface area contributed by atoms with E-state index in [4.69, 9.17) is 9.47 Å². The normalized spacial score (nSPS) is 10.7. The fraction of sp³-hybridized carbons (Fsp3) is 0.400. The van der Waals surface area contributed by atoms with E-state index in [2.05, 4.69) is 28.5 Å². The van der Waals surface area contributed by atoms with Crippen molar-refractivity contribution in [3.63, 3.8) is 0 Å². The molecule has 1 aromatic carbocycles. The van der Waals surface area contributed by atoms with E-state index in [-0.39, 0.29) is 0 Å². The summed E-state index contributed by atoms with van der Waals surface area (Å²) in [5.74, 6) is 0. The van der Waals surface area contributed by atoms with Gasteiger partial charge in [0.1, 0.15) is 0 Å². The Labute approximate surface area is 123 Å². The van der Waals surface area contributed by atoms with Crippen LogP contribution in [0.5, 0.6) is 0 Å². The Bertz CT molecular complexity index is 528. The lowest BCUT2D eigenvalue weighted by Gasteiger charge is -2.08. The van der Waals surface area contributed by atoms with Crippen molar-refractivity contribution in [2.45, 2.75) is 20.1 Å². The molecular weight excluding hydrogens is 272 g/mol. The lowest BCUT2D eigenvalue weighted by Crippen LogP contribution is -2.02. The van der Waals surface area contributed by atoms with E-state index in [1.807, 2.05) is 19.2 Å². The molecule has 20 heavy (non-hydrogen) atoms. The summed E-state index contributed by atoms with van der Waals surface area (Å²) in [4.78, 5) is 5.49. The van der Waals surface area contributed by atoms with Crippen molar-refractivity contribution < 1.29 is 9.47 Å². The van der Waals surface area contributed by atoms with Crippen LogP contribution in [0.4, 0.5) is 5.69 Å². The highest BCUT2D eigenvalue weighted by Crippen LogP contribution is 2.16. The van der Waals surface area contributed by atoms with Crippen molar-refractivity contribution >= 4 is 17.0 Å². The number of thiazole rings is 1. The van der Waals surface area contributed by atoms with Crippen LogP contribution in [0, 0.1) is 6.92 Å². The summed E-state index contributed by atoms with van der Waals surface area (Å²) >= 11 is 1.72. The number of hydrogen-bond acceptors (Lipinski definition) is 5. The molecule has 5 heteroatoms. The minimum atomic E-state index is 0.610. The maximum Gasteiger partial charge on any atom is 0.0897 e. The summed E-state index contributed by atoms with van der Waals surface area (Å²) in [6.07, 6.45) is 1.92. The maximum atomic E-state index is 5.52. The van der Waals surface area contributed by atoms with Gasteiger partial charge in [0.15, 0.2) is 0 Å². The van der Waals surface area contributed by atoms with Gasteiger partial charge in [-0.1, -0.05) is 12.1 Å². The zero-order valence-electron chi connectivity index (χ0n) is 11.9. The molecule has 0 aliphatic heterocycles. The first-order valence-electron chi connectivity index (χ1n) is 6.59. The van der Waals surface area contributed by atoms with E-state index in [0.717, 1.165) is 22.8 Å². The Morgan fingerprint density at radius 2 is 2.20 bits per heavy atom. The predicted octanol–water partition coefficient (Wildman–Crippen LogP) is 3.23. The number of benzene rings is 1. The van der Waals surface area contributed by atoms with Crippen LogP contribution in [0.15, 0.2) is 30.5 Å². The molecule has 0 spiro atoms. The van der Waals surface area contributed by atoms with Gasteiger partial charge in [0.05, 0.1) is 31.4 Å². The second-order valence-corrected chi connectivity index (χ2v) is 5.76. The topological polar surface area (TPSA) is 43.4 Å². The lowest BCUT2D eigenvalue weighted by atomic mass is 10.2. The van der Waals surface area contributed by atoms with E-state index in [0.29, 0.717) is 19.8 Å². The summed E-state index contributed by atoms with van der Waals surface area (Å²) in [6, 6.07) is 8.28. The molecule has 0 aliphatic rings. The number of aromatic nitrogens is 1. The third kappa shape index (κ3) is 4.92. The number of ether oxygens (including phenoxy) is 2. The van der Waals surface area contributed by atoms with Gasteiger partial charge >= 0.3 is 0 Å². The van der Waals surface area contributed by atoms with Crippen LogP contribution in [0.2, 0.25) is 0 Å². The highest BCUT2D eigenvalue weighted by Gasteiger charge is 2.00. The number of aryl methyl sites for hydroxylation is 1. The predicted molar refractivity (Wildman–Crippen MR) is 82.2 cm³/mol. The molecule has 0 atom stereocenters. The molecule has 1 heterocycles. The first-order chi connectivity index (χ1) is 9.78. The van der Waals surface area contributed by atoms with E-state index in [9.17, 15) is 0 Å². The second kappa shape index (κ2) is 7.99. The first-order valence-corrected chi connectivity index (χ1v) is 7.40. The van der Waals surface area contributed by atoms with E-state index < -0.39 is 0 Å². The largest absolute Gasteiger partial charge is 0.382 e. The van der Waals surface area contributed by atoms with Gasteiger partial charge in [0.25, 0.3) is 0 Å². The molecule has 0 fully saturated rings. The fourth-order valence-electron chi connectivity index (χ4n) is 1.78. The third-order valence-corrected chi connectivity index (χ3v) is 3.68. The number of hydrogen-bond donors (Lipinski definition) is 1. The number of rotatable bonds is 8. The minimum absolute atomic E-state index is 0.610. The van der Waals surface area contributed by atoms with E-state index >= 15 is 0 Å². The second-order valence-electron chi connectivity index (χ2n) is 4.44. The monoisotopic (exact) mass is 292 g/mol. The van der Waals surface area contributed by atoms with Crippen LogP contribution in [-0.2, 0) is 22.6 Å². The van der Waals surface area contributed by atoms with Crippen molar-refractivity contribution in [2.24, 2.45) is 0 Å². The molecule has 4 nitrogen and oxygen atoms in total. The zero-order valence-corrected chi connectivity index (χ0v) is 12.7. The van der Waals surface area contributed by atoms with Crippen molar-refractivity contribution in [3.05, 3.63) is 45.9 Å². The standard InChI is InChI=1S/C15H20N2O2S/c1-12-16-9-15(20-12)10-17-14-5-3-4-13(8-14)11-19-7-6-18-2/h3-5,8-9,17H,6-7,10-11H2,1-2H3. The Hall–Kier alpha value is -1.43. The molecule has 0 unspecified atom stereocenters. The van der Waals surface area contributed by atoms with Crippen molar-refractivity contribution in [2.75, 3.05) is 25.6 Å². The van der Waals surface area contributed by atoms with Gasteiger partial charge in [0.2, 0.25) is 0 Å². The van der Waals surface area contributed by atoms with Gasteiger partial charge < -0.3 is 14.8 Å². The van der Waals surface area contributed by atoms with Gasteiger partial charge in [-0.2, -0.15) is 0 Å². The average molecular weight is 292 g/mol. The highest BCUT2D eigenvalue weighted by molar-refractivity contribution is 7.11. The summed E-state index contributed by atoms with van der Waals surface area (Å²) in [6.45, 7) is 4.68. The summed E-state index contributed by atoms with van der Waals surface area (Å²) < 4.78 is 10.5. The van der Waals surface area contributed by atoms with Crippen LogP contribution in [0.3, 0.4) is 0 Å². The molecule has 0 radical (unpaired) electrons. The number of nitrogens with one attached hydrogen (secondary N) is 1. The molecule has 1 aromatic heterocycles. The Kier molecular flexibility index (Phi) is 5.98. The quantitative estimate of drug-likeness (QED) is 0.759. The molecular formula is C15H20N2O2S. The van der Waals surface area contributed by atoms with E-state index in [1.54, 1.807) is 18.4 Å². The number of methoxy groups -OCH3 is 1. The minimum Gasteiger partial charge on any atom is -0.382 e. The van der Waals surface area contributed by atoms with Gasteiger partial charge in [-0.25, -0.2) is 4.98 Å². The van der Waals surface area contributed by atoms with E-state index in [1.165, 1.54) is 4.88 Å². The SMILES string of the molecule is COCCOCc1cccc(NCc2cnc(C)s2)c1. The van der Waals surface area contributed by atoms with Crippen LogP contribution >= 0.6 is 11.3 Å². The van der Waals surface area contributed by atoms with Crippen molar-refractivity contribution in [1.82, 2.24) is 4.98 Å². The molecule has 0 saturated carbocycles. The summed E-state index contributed by atoms with van der Waals surface area (Å²) in [5.41, 5.74) is 2.26. The van der Waals surface area contributed by atoms with Gasteiger partial charge in [-0.3, -0.25) is 0 Å². The Morgan fingerprint density at radius 1 is 1.30 bits per heavy atom. The van der Waals surface area contributed by atoms with Crippen molar-refractivity contribution in [1.29, 1.82) is 0 Å². The molecule has 0 amide bonds. The molecule has 0 bridgehead atoms. The molecule has 108 valence electrons. The summed E-state index contributed by atoms with van der Waals surface area (Å²) in [7, 11) is 1.68. The van der Waals surface area contributed by atoms with Crippen LogP contribution in [0.1, 0.15) is 15.4 Å². The molecule has 0 aliphatic carbocycles.